The van der Waals surface area contributed by atoms with E-state index in [9.17, 15) is 13.2 Å². The van der Waals surface area contributed by atoms with Crippen molar-refractivity contribution < 1.29 is 13.2 Å². The van der Waals surface area contributed by atoms with Gasteiger partial charge in [-0.3, -0.25) is 14.5 Å². The minimum Gasteiger partial charge on any atom is -0.325 e. The fourth-order valence-corrected chi connectivity index (χ4v) is 4.49. The number of hydrogen-bond acceptors (Lipinski definition) is 5. The van der Waals surface area contributed by atoms with Crippen LogP contribution in [0.4, 0.5) is 11.4 Å². The molecule has 0 aliphatic heterocycles. The average molecular weight is 456 g/mol. The van der Waals surface area contributed by atoms with E-state index in [0.29, 0.717) is 11.4 Å². The van der Waals surface area contributed by atoms with Gasteiger partial charge in [0.05, 0.1) is 10.6 Å². The lowest BCUT2D eigenvalue weighted by molar-refractivity contribution is -0.118. The highest BCUT2D eigenvalue weighted by atomic mass is 32.2. The number of amides is 1. The van der Waals surface area contributed by atoms with Crippen molar-refractivity contribution in [3.8, 4) is 0 Å². The molecule has 3 aromatic rings. The van der Waals surface area contributed by atoms with E-state index in [1.807, 2.05) is 30.5 Å². The number of aromatic nitrogens is 1. The Kier molecular flexibility index (Phi) is 7.35. The van der Waals surface area contributed by atoms with Crippen LogP contribution in [0.2, 0.25) is 0 Å². The molecule has 0 aliphatic rings. The van der Waals surface area contributed by atoms with Crippen molar-refractivity contribution in [3.05, 3.63) is 78.1 Å². The Morgan fingerprint density at radius 2 is 1.65 bits per heavy atom. The molecule has 0 unspecified atom stereocenters. The van der Waals surface area contributed by atoms with Crippen LogP contribution in [0.3, 0.4) is 0 Å². The van der Waals surface area contributed by atoms with Crippen LogP contribution in [0.15, 0.2) is 76.8 Å². The Bertz CT molecular complexity index is 1150. The number of thioether (sulfide) groups is 1. The number of nitrogens with zero attached hydrogens (tertiary/aromatic N) is 1. The van der Waals surface area contributed by atoms with Crippen LogP contribution in [0.1, 0.15) is 25.0 Å². The number of nitrogens with one attached hydrogen (secondary N) is 2. The van der Waals surface area contributed by atoms with Gasteiger partial charge in [0.2, 0.25) is 5.91 Å². The summed E-state index contributed by atoms with van der Waals surface area (Å²) in [5.41, 5.74) is 3.16. The van der Waals surface area contributed by atoms with E-state index in [1.54, 1.807) is 44.4 Å². The third-order valence-corrected chi connectivity index (χ3v) is 6.80. The van der Waals surface area contributed by atoms with Crippen LogP contribution in [0.25, 0.3) is 0 Å². The molecule has 2 aromatic carbocycles. The third kappa shape index (κ3) is 6.08. The molecule has 8 heteroatoms. The highest BCUT2D eigenvalue weighted by molar-refractivity contribution is 7.98. The molecule has 6 nitrogen and oxygen atoms in total. The summed E-state index contributed by atoms with van der Waals surface area (Å²) in [5, 5.41) is 2.81. The van der Waals surface area contributed by atoms with Gasteiger partial charge in [-0.15, -0.1) is 11.8 Å². The molecule has 31 heavy (non-hydrogen) atoms. The number of hydrogen-bond donors (Lipinski definition) is 2. The fraction of sp³-hybridized carbons (Fsp3) is 0.217. The lowest BCUT2D eigenvalue weighted by Gasteiger charge is -2.14. The first-order valence-electron chi connectivity index (χ1n) is 9.78. The van der Waals surface area contributed by atoms with E-state index in [-0.39, 0.29) is 16.7 Å². The summed E-state index contributed by atoms with van der Waals surface area (Å²) in [6.45, 7) is 3.57. The zero-order valence-electron chi connectivity index (χ0n) is 17.6. The van der Waals surface area contributed by atoms with E-state index in [0.717, 1.165) is 22.4 Å². The quantitative estimate of drug-likeness (QED) is 0.477. The third-order valence-electron chi connectivity index (χ3n) is 4.63. The van der Waals surface area contributed by atoms with Crippen molar-refractivity contribution in [1.82, 2.24) is 4.98 Å². The molecule has 0 radical (unpaired) electrons. The van der Waals surface area contributed by atoms with Gasteiger partial charge in [-0.1, -0.05) is 26.0 Å². The monoisotopic (exact) mass is 455 g/mol. The Morgan fingerprint density at radius 1 is 1.00 bits per heavy atom. The first kappa shape index (κ1) is 22.8. The molecule has 3 rings (SSSR count). The Balaban J connectivity index is 1.77. The highest BCUT2D eigenvalue weighted by Gasteiger charge is 2.18. The van der Waals surface area contributed by atoms with Crippen molar-refractivity contribution in [1.29, 1.82) is 0 Å². The van der Waals surface area contributed by atoms with Gasteiger partial charge in [-0.05, 0) is 66.3 Å². The zero-order chi connectivity index (χ0) is 22.4. The van der Waals surface area contributed by atoms with Gasteiger partial charge in [0.15, 0.2) is 0 Å². The van der Waals surface area contributed by atoms with Crippen LogP contribution < -0.4 is 10.0 Å². The summed E-state index contributed by atoms with van der Waals surface area (Å²) >= 11 is 1.44. The van der Waals surface area contributed by atoms with Crippen LogP contribution in [0, 0.1) is 5.92 Å². The molecule has 0 spiro atoms. The number of rotatable bonds is 8. The average Bonchev–Trinajstić information content (AvgIpc) is 2.75. The van der Waals surface area contributed by atoms with Crippen molar-refractivity contribution in [3.63, 3.8) is 0 Å². The summed E-state index contributed by atoms with van der Waals surface area (Å²) < 4.78 is 28.4. The van der Waals surface area contributed by atoms with E-state index < -0.39 is 10.0 Å². The number of carbonyl (C=O) groups excluding carboxylic acids is 1. The second-order valence-corrected chi connectivity index (χ2v) is 9.87. The zero-order valence-corrected chi connectivity index (χ0v) is 19.3. The lowest BCUT2D eigenvalue weighted by Crippen LogP contribution is -2.19. The molecule has 0 aliphatic carbocycles. The maximum Gasteiger partial charge on any atom is 0.261 e. The molecule has 0 atom stereocenters. The SMILES string of the molecule is CSc1ccc(S(=O)(=O)Nc2ccc(Cc3ccncc3)cc2)cc1NC(=O)C(C)C. The summed E-state index contributed by atoms with van der Waals surface area (Å²) in [4.78, 5) is 17.0. The van der Waals surface area contributed by atoms with Crippen LogP contribution in [-0.4, -0.2) is 25.6 Å². The number of carbonyl (C=O) groups is 1. The largest absolute Gasteiger partial charge is 0.325 e. The molecular formula is C23H25N3O3S2. The molecular weight excluding hydrogens is 430 g/mol. The van der Waals surface area contributed by atoms with Gasteiger partial charge in [0, 0.05) is 28.9 Å². The summed E-state index contributed by atoms with van der Waals surface area (Å²) in [7, 11) is -3.81. The Morgan fingerprint density at radius 3 is 2.26 bits per heavy atom. The number of pyridine rings is 1. The summed E-state index contributed by atoms with van der Waals surface area (Å²) in [5.74, 6) is -0.374. The smallest absolute Gasteiger partial charge is 0.261 e. The number of anilines is 2. The minimum absolute atomic E-state index is 0.0882. The molecule has 1 aromatic heterocycles. The van der Waals surface area contributed by atoms with Gasteiger partial charge in [0.1, 0.15) is 0 Å². The second kappa shape index (κ2) is 9.98. The van der Waals surface area contributed by atoms with Gasteiger partial charge >= 0.3 is 0 Å². The van der Waals surface area contributed by atoms with Crippen LogP contribution >= 0.6 is 11.8 Å². The Labute approximate surface area is 187 Å². The number of sulfonamides is 1. The first-order valence-corrected chi connectivity index (χ1v) is 12.5. The topological polar surface area (TPSA) is 88.2 Å². The standard InChI is InChI=1S/C23H25N3O3S2/c1-16(2)23(27)25-21-15-20(8-9-22(21)30-3)31(28,29)26-19-6-4-17(5-7-19)14-18-10-12-24-13-11-18/h4-13,15-16,26H,14H2,1-3H3,(H,25,27). The van der Waals surface area contributed by atoms with Gasteiger partial charge in [0.25, 0.3) is 10.0 Å². The molecule has 0 saturated carbocycles. The maximum atomic E-state index is 12.9. The fourth-order valence-electron chi connectivity index (χ4n) is 2.87. The predicted molar refractivity (Wildman–Crippen MR) is 126 cm³/mol. The summed E-state index contributed by atoms with van der Waals surface area (Å²) in [6.07, 6.45) is 6.11. The van der Waals surface area contributed by atoms with Crippen molar-refractivity contribution in [2.24, 2.45) is 5.92 Å². The molecule has 2 N–H and O–H groups in total. The van der Waals surface area contributed by atoms with Crippen LogP contribution in [-0.2, 0) is 21.2 Å². The van der Waals surface area contributed by atoms with Gasteiger partial charge in [-0.2, -0.15) is 0 Å². The normalized spacial score (nSPS) is 11.4. The second-order valence-electron chi connectivity index (χ2n) is 7.34. The molecule has 1 heterocycles. The molecule has 0 saturated heterocycles. The van der Waals surface area contributed by atoms with E-state index in [4.69, 9.17) is 0 Å². The van der Waals surface area contributed by atoms with E-state index >= 15 is 0 Å². The highest BCUT2D eigenvalue weighted by Crippen LogP contribution is 2.29. The van der Waals surface area contributed by atoms with Crippen molar-refractivity contribution in [2.75, 3.05) is 16.3 Å². The first-order chi connectivity index (χ1) is 14.8. The number of benzene rings is 2. The van der Waals surface area contributed by atoms with E-state index in [2.05, 4.69) is 15.0 Å². The molecule has 0 fully saturated rings. The van der Waals surface area contributed by atoms with Crippen molar-refractivity contribution in [2.45, 2.75) is 30.1 Å². The van der Waals surface area contributed by atoms with Crippen LogP contribution in [0.5, 0.6) is 0 Å². The Hall–Kier alpha value is -2.84. The molecule has 162 valence electrons. The summed E-state index contributed by atoms with van der Waals surface area (Å²) in [6, 6.07) is 15.9. The minimum atomic E-state index is -3.81. The molecule has 1 amide bonds. The van der Waals surface area contributed by atoms with E-state index in [1.165, 1.54) is 23.9 Å². The molecule has 0 bridgehead atoms. The maximum absolute atomic E-state index is 12.9. The van der Waals surface area contributed by atoms with Gasteiger partial charge < -0.3 is 5.32 Å². The van der Waals surface area contributed by atoms with Gasteiger partial charge in [-0.25, -0.2) is 8.42 Å². The lowest BCUT2D eigenvalue weighted by atomic mass is 10.1. The van der Waals surface area contributed by atoms with Crippen molar-refractivity contribution >= 4 is 39.1 Å². The predicted octanol–water partition coefficient (Wildman–Crippen LogP) is 4.79.